The van der Waals surface area contributed by atoms with Gasteiger partial charge < -0.3 is 15.5 Å². The van der Waals surface area contributed by atoms with Crippen LogP contribution in [0.25, 0.3) is 0 Å². The van der Waals surface area contributed by atoms with Gasteiger partial charge in [0.2, 0.25) is 0 Å². The summed E-state index contributed by atoms with van der Waals surface area (Å²) in [5, 5.41) is 14.8. The van der Waals surface area contributed by atoms with Gasteiger partial charge >= 0.3 is 6.03 Å². The summed E-state index contributed by atoms with van der Waals surface area (Å²) < 4.78 is 0. The zero-order valence-corrected chi connectivity index (χ0v) is 17.7. The van der Waals surface area contributed by atoms with E-state index in [-0.39, 0.29) is 11.9 Å². The first-order chi connectivity index (χ1) is 15.6. The Morgan fingerprint density at radius 2 is 1.69 bits per heavy atom. The second-order valence-electron chi connectivity index (χ2n) is 7.80. The van der Waals surface area contributed by atoms with Gasteiger partial charge in [-0.1, -0.05) is 36.4 Å². The highest BCUT2D eigenvalue weighted by atomic mass is 16.2. The van der Waals surface area contributed by atoms with Crippen LogP contribution in [0, 0.1) is 11.3 Å². The van der Waals surface area contributed by atoms with E-state index in [1.807, 2.05) is 30.3 Å². The summed E-state index contributed by atoms with van der Waals surface area (Å²) in [7, 11) is 0. The second-order valence-corrected chi connectivity index (χ2v) is 7.80. The fourth-order valence-electron chi connectivity index (χ4n) is 3.76. The smallest absolute Gasteiger partial charge is 0.322 e. The van der Waals surface area contributed by atoms with Crippen molar-refractivity contribution in [2.75, 3.05) is 11.9 Å². The number of amides is 3. The lowest BCUT2D eigenvalue weighted by Crippen LogP contribution is -2.30. The number of aryl methyl sites for hydroxylation is 1. The molecule has 3 aromatic rings. The van der Waals surface area contributed by atoms with E-state index in [2.05, 4.69) is 28.8 Å². The maximum absolute atomic E-state index is 12.6. The molecule has 0 aromatic heterocycles. The molecule has 1 heterocycles. The first-order valence-electron chi connectivity index (χ1n) is 10.6. The van der Waals surface area contributed by atoms with Crippen LogP contribution in [-0.4, -0.2) is 23.4 Å². The van der Waals surface area contributed by atoms with Gasteiger partial charge in [0.25, 0.3) is 5.91 Å². The third-order valence-corrected chi connectivity index (χ3v) is 5.51. The first kappa shape index (κ1) is 21.1. The largest absolute Gasteiger partial charge is 0.352 e. The SMILES string of the molecule is N#Cc1ccc2c(c1)CN(C(=O)Nc1ccc(C(=O)NCCCc3ccccc3)cc1)C2. The van der Waals surface area contributed by atoms with Crippen molar-refractivity contribution in [2.24, 2.45) is 0 Å². The predicted molar refractivity (Wildman–Crippen MR) is 123 cm³/mol. The van der Waals surface area contributed by atoms with Crippen molar-refractivity contribution in [3.63, 3.8) is 0 Å². The van der Waals surface area contributed by atoms with Gasteiger partial charge in [-0.15, -0.1) is 0 Å². The second kappa shape index (κ2) is 9.80. The van der Waals surface area contributed by atoms with Crippen LogP contribution in [0.1, 0.15) is 39.0 Å². The van der Waals surface area contributed by atoms with E-state index < -0.39 is 0 Å². The minimum absolute atomic E-state index is 0.126. The van der Waals surface area contributed by atoms with Crippen molar-refractivity contribution < 1.29 is 9.59 Å². The lowest BCUT2D eigenvalue weighted by Gasteiger charge is -2.16. The Hall–Kier alpha value is -4.11. The van der Waals surface area contributed by atoms with E-state index in [4.69, 9.17) is 5.26 Å². The molecule has 0 bridgehead atoms. The maximum Gasteiger partial charge on any atom is 0.322 e. The van der Waals surface area contributed by atoms with E-state index in [1.165, 1.54) is 5.56 Å². The van der Waals surface area contributed by atoms with Gasteiger partial charge in [-0.05, 0) is 65.9 Å². The number of hydrogen-bond acceptors (Lipinski definition) is 3. The number of nitrogens with zero attached hydrogens (tertiary/aromatic N) is 2. The zero-order chi connectivity index (χ0) is 22.3. The van der Waals surface area contributed by atoms with E-state index in [9.17, 15) is 9.59 Å². The van der Waals surface area contributed by atoms with E-state index in [0.29, 0.717) is 36.4 Å². The number of nitriles is 1. The molecule has 4 rings (SSSR count). The quantitative estimate of drug-likeness (QED) is 0.573. The Bertz CT molecular complexity index is 1150. The lowest BCUT2D eigenvalue weighted by molar-refractivity contribution is 0.0953. The van der Waals surface area contributed by atoms with Crippen LogP contribution in [0.15, 0.2) is 72.8 Å². The van der Waals surface area contributed by atoms with Crippen molar-refractivity contribution in [3.8, 4) is 6.07 Å². The van der Waals surface area contributed by atoms with Crippen LogP contribution in [0.5, 0.6) is 0 Å². The molecule has 0 spiro atoms. The van der Waals surface area contributed by atoms with E-state index >= 15 is 0 Å². The normalized spacial score (nSPS) is 12.0. The Morgan fingerprint density at radius 3 is 2.44 bits per heavy atom. The molecule has 1 aliphatic heterocycles. The molecule has 2 N–H and O–H groups in total. The van der Waals surface area contributed by atoms with E-state index in [0.717, 1.165) is 24.0 Å². The van der Waals surface area contributed by atoms with Gasteiger partial charge in [-0.2, -0.15) is 5.26 Å². The molecular weight excluding hydrogens is 400 g/mol. The van der Waals surface area contributed by atoms with Crippen LogP contribution < -0.4 is 10.6 Å². The molecule has 160 valence electrons. The molecule has 6 heteroatoms. The van der Waals surface area contributed by atoms with Crippen LogP contribution in [0.4, 0.5) is 10.5 Å². The number of hydrogen-bond donors (Lipinski definition) is 2. The topological polar surface area (TPSA) is 85.2 Å². The first-order valence-corrected chi connectivity index (χ1v) is 10.6. The minimum Gasteiger partial charge on any atom is -0.352 e. The van der Waals surface area contributed by atoms with Crippen molar-refractivity contribution in [1.82, 2.24) is 10.2 Å². The molecule has 0 saturated heterocycles. The van der Waals surface area contributed by atoms with Gasteiger partial charge in [0.1, 0.15) is 0 Å². The molecule has 3 amide bonds. The highest BCUT2D eigenvalue weighted by molar-refractivity contribution is 5.95. The molecule has 0 fully saturated rings. The Balaban J connectivity index is 1.25. The zero-order valence-electron chi connectivity index (χ0n) is 17.7. The van der Waals surface area contributed by atoms with E-state index in [1.54, 1.807) is 35.2 Å². The Labute approximate surface area is 187 Å². The third kappa shape index (κ3) is 5.13. The number of carbonyl (C=O) groups excluding carboxylic acids is 2. The highest BCUT2D eigenvalue weighted by Crippen LogP contribution is 2.24. The molecule has 0 radical (unpaired) electrons. The van der Waals surface area contributed by atoms with Crippen molar-refractivity contribution in [3.05, 3.63) is 101 Å². The van der Waals surface area contributed by atoms with Crippen LogP contribution in [0.2, 0.25) is 0 Å². The average Bonchev–Trinajstić information content (AvgIpc) is 3.26. The minimum atomic E-state index is -0.210. The number of carbonyl (C=O) groups is 2. The van der Waals surface area contributed by atoms with Crippen LogP contribution in [-0.2, 0) is 19.5 Å². The number of benzene rings is 3. The molecular formula is C26H24N4O2. The van der Waals surface area contributed by atoms with Crippen molar-refractivity contribution in [2.45, 2.75) is 25.9 Å². The van der Waals surface area contributed by atoms with Gasteiger partial charge in [0, 0.05) is 30.9 Å². The number of anilines is 1. The van der Waals surface area contributed by atoms with Crippen molar-refractivity contribution in [1.29, 1.82) is 5.26 Å². The molecule has 0 atom stereocenters. The van der Waals surface area contributed by atoms with Gasteiger partial charge in [-0.25, -0.2) is 4.79 Å². The summed E-state index contributed by atoms with van der Waals surface area (Å²) in [5.41, 5.74) is 5.09. The highest BCUT2D eigenvalue weighted by Gasteiger charge is 2.23. The summed E-state index contributed by atoms with van der Waals surface area (Å²) in [4.78, 5) is 26.7. The summed E-state index contributed by atoms with van der Waals surface area (Å²) >= 11 is 0. The Kier molecular flexibility index (Phi) is 6.47. The summed E-state index contributed by atoms with van der Waals surface area (Å²) in [5.74, 6) is -0.126. The van der Waals surface area contributed by atoms with Gasteiger partial charge in [0.15, 0.2) is 0 Å². The Morgan fingerprint density at radius 1 is 0.938 bits per heavy atom. The molecule has 3 aromatic carbocycles. The standard InChI is InChI=1S/C26H24N4O2/c27-16-20-8-9-22-17-30(18-23(22)15-20)26(32)29-24-12-10-21(11-13-24)25(31)28-14-4-7-19-5-2-1-3-6-19/h1-3,5-6,8-13,15H,4,7,14,17-18H2,(H,28,31)(H,29,32). The average molecular weight is 425 g/mol. The fraction of sp³-hybridized carbons (Fsp3) is 0.192. The molecule has 0 aliphatic carbocycles. The van der Waals surface area contributed by atoms with Crippen molar-refractivity contribution >= 4 is 17.6 Å². The van der Waals surface area contributed by atoms with Gasteiger partial charge in [-0.3, -0.25) is 4.79 Å². The van der Waals surface area contributed by atoms with Crippen LogP contribution in [0.3, 0.4) is 0 Å². The predicted octanol–water partition coefficient (Wildman–Crippen LogP) is 4.47. The lowest BCUT2D eigenvalue weighted by atomic mass is 10.1. The number of rotatable bonds is 6. The third-order valence-electron chi connectivity index (χ3n) is 5.51. The molecule has 1 aliphatic rings. The molecule has 0 unspecified atom stereocenters. The van der Waals surface area contributed by atoms with Crippen LogP contribution >= 0.6 is 0 Å². The molecule has 32 heavy (non-hydrogen) atoms. The van der Waals surface area contributed by atoms with Gasteiger partial charge in [0.05, 0.1) is 11.6 Å². The summed E-state index contributed by atoms with van der Waals surface area (Å²) in [6, 6.07) is 24.5. The monoisotopic (exact) mass is 424 g/mol. The molecule has 0 saturated carbocycles. The summed E-state index contributed by atoms with van der Waals surface area (Å²) in [6.45, 7) is 1.59. The number of nitrogens with one attached hydrogen (secondary N) is 2. The number of fused-ring (bicyclic) bond motifs is 1. The maximum atomic E-state index is 12.6. The number of urea groups is 1. The summed E-state index contributed by atoms with van der Waals surface area (Å²) in [6.07, 6.45) is 1.79. The fourth-order valence-corrected chi connectivity index (χ4v) is 3.76. The molecule has 6 nitrogen and oxygen atoms in total.